The molecule has 5 nitrogen and oxygen atoms in total. The number of carboxylic acids is 1. The quantitative estimate of drug-likeness (QED) is 0.796. The SMILES string of the molecule is CC[C@@H](NC(=O)c1cccnc1C)C(=O)O. The summed E-state index contributed by atoms with van der Waals surface area (Å²) in [6, 6.07) is 2.41. The molecule has 1 rings (SSSR count). The second-order valence-corrected chi connectivity index (χ2v) is 3.41. The van der Waals surface area contributed by atoms with Gasteiger partial charge in [0, 0.05) is 11.9 Å². The summed E-state index contributed by atoms with van der Waals surface area (Å²) >= 11 is 0. The lowest BCUT2D eigenvalue weighted by Crippen LogP contribution is -2.40. The summed E-state index contributed by atoms with van der Waals surface area (Å²) in [7, 11) is 0. The minimum Gasteiger partial charge on any atom is -0.480 e. The summed E-state index contributed by atoms with van der Waals surface area (Å²) in [5.74, 6) is -1.43. The molecule has 0 fully saturated rings. The number of aliphatic carboxylic acids is 1. The molecule has 0 bridgehead atoms. The van der Waals surface area contributed by atoms with Gasteiger partial charge in [-0.15, -0.1) is 0 Å². The smallest absolute Gasteiger partial charge is 0.326 e. The maximum absolute atomic E-state index is 11.7. The van der Waals surface area contributed by atoms with E-state index >= 15 is 0 Å². The first kappa shape index (κ1) is 12.2. The van der Waals surface area contributed by atoms with Crippen molar-refractivity contribution in [2.45, 2.75) is 26.3 Å². The zero-order valence-corrected chi connectivity index (χ0v) is 9.23. The number of amides is 1. The Hall–Kier alpha value is -1.91. The van der Waals surface area contributed by atoms with Crippen molar-refractivity contribution in [3.05, 3.63) is 29.6 Å². The summed E-state index contributed by atoms with van der Waals surface area (Å²) in [4.78, 5) is 26.4. The zero-order chi connectivity index (χ0) is 12.1. The van der Waals surface area contributed by atoms with Crippen LogP contribution in [0.4, 0.5) is 0 Å². The second kappa shape index (κ2) is 5.25. The lowest BCUT2D eigenvalue weighted by Gasteiger charge is -2.12. The zero-order valence-electron chi connectivity index (χ0n) is 9.23. The standard InChI is InChI=1S/C11H14N2O3/c1-3-9(11(15)16)13-10(14)8-5-4-6-12-7(8)2/h4-6,9H,3H2,1-2H3,(H,13,14)(H,15,16)/t9-/m1/s1. The van der Waals surface area contributed by atoms with Gasteiger partial charge < -0.3 is 10.4 Å². The molecule has 5 heteroatoms. The molecule has 0 radical (unpaired) electrons. The molecule has 0 aliphatic rings. The third-order valence-corrected chi connectivity index (χ3v) is 2.26. The van der Waals surface area contributed by atoms with Crippen molar-refractivity contribution in [1.29, 1.82) is 0 Å². The fourth-order valence-electron chi connectivity index (χ4n) is 1.30. The summed E-state index contributed by atoms with van der Waals surface area (Å²) in [5.41, 5.74) is 0.988. The van der Waals surface area contributed by atoms with Crippen LogP contribution in [0.5, 0.6) is 0 Å². The summed E-state index contributed by atoms with van der Waals surface area (Å²) in [6.45, 7) is 3.41. The van der Waals surface area contributed by atoms with Crippen LogP contribution >= 0.6 is 0 Å². The van der Waals surface area contributed by atoms with E-state index in [1.54, 1.807) is 32.2 Å². The number of carbonyl (C=O) groups excluding carboxylic acids is 1. The predicted molar refractivity (Wildman–Crippen MR) is 58.2 cm³/mol. The maximum atomic E-state index is 11.7. The topological polar surface area (TPSA) is 79.3 Å². The number of aromatic nitrogens is 1. The Morgan fingerprint density at radius 3 is 2.75 bits per heavy atom. The van der Waals surface area contributed by atoms with Gasteiger partial charge in [0.15, 0.2) is 0 Å². The number of hydrogen-bond donors (Lipinski definition) is 2. The highest BCUT2D eigenvalue weighted by Gasteiger charge is 2.19. The van der Waals surface area contributed by atoms with Gasteiger partial charge in [-0.2, -0.15) is 0 Å². The van der Waals surface area contributed by atoms with E-state index in [4.69, 9.17) is 5.11 Å². The van der Waals surface area contributed by atoms with Crippen LogP contribution in [0.3, 0.4) is 0 Å². The first-order valence-corrected chi connectivity index (χ1v) is 5.01. The lowest BCUT2D eigenvalue weighted by molar-refractivity contribution is -0.139. The first-order chi connectivity index (χ1) is 7.56. The fraction of sp³-hybridized carbons (Fsp3) is 0.364. The highest BCUT2D eigenvalue weighted by Crippen LogP contribution is 2.04. The Morgan fingerprint density at radius 1 is 1.56 bits per heavy atom. The van der Waals surface area contributed by atoms with E-state index in [2.05, 4.69) is 10.3 Å². The average molecular weight is 222 g/mol. The second-order valence-electron chi connectivity index (χ2n) is 3.41. The Balaban J connectivity index is 2.80. The minimum atomic E-state index is -1.03. The van der Waals surface area contributed by atoms with Crippen LogP contribution in [-0.4, -0.2) is 28.0 Å². The Bertz CT molecular complexity index is 404. The number of carbonyl (C=O) groups is 2. The molecule has 86 valence electrons. The van der Waals surface area contributed by atoms with Crippen molar-refractivity contribution in [1.82, 2.24) is 10.3 Å². The maximum Gasteiger partial charge on any atom is 0.326 e. The van der Waals surface area contributed by atoms with Crippen molar-refractivity contribution in [3.63, 3.8) is 0 Å². The molecule has 0 saturated heterocycles. The third kappa shape index (κ3) is 2.79. The van der Waals surface area contributed by atoms with E-state index in [0.717, 1.165) is 0 Å². The Morgan fingerprint density at radius 2 is 2.25 bits per heavy atom. The molecule has 1 amide bonds. The molecule has 1 aromatic rings. The molecule has 0 spiro atoms. The molecule has 1 aromatic heterocycles. The van der Waals surface area contributed by atoms with E-state index < -0.39 is 17.9 Å². The molecular formula is C11H14N2O3. The van der Waals surface area contributed by atoms with Crippen molar-refractivity contribution in [3.8, 4) is 0 Å². The minimum absolute atomic E-state index is 0.348. The fourth-order valence-corrected chi connectivity index (χ4v) is 1.30. The van der Waals surface area contributed by atoms with Crippen LogP contribution in [0.1, 0.15) is 29.4 Å². The predicted octanol–water partition coefficient (Wildman–Crippen LogP) is 0.983. The largest absolute Gasteiger partial charge is 0.480 e. The molecule has 0 aliphatic heterocycles. The molecule has 0 saturated carbocycles. The van der Waals surface area contributed by atoms with Crippen LogP contribution in [0, 0.1) is 6.92 Å². The van der Waals surface area contributed by atoms with Gasteiger partial charge in [-0.1, -0.05) is 6.92 Å². The van der Waals surface area contributed by atoms with E-state index in [9.17, 15) is 9.59 Å². The van der Waals surface area contributed by atoms with Crippen molar-refractivity contribution >= 4 is 11.9 Å². The number of aryl methyl sites for hydroxylation is 1. The van der Waals surface area contributed by atoms with Crippen LogP contribution < -0.4 is 5.32 Å². The number of pyridine rings is 1. The molecule has 2 N–H and O–H groups in total. The van der Waals surface area contributed by atoms with Crippen molar-refractivity contribution in [2.24, 2.45) is 0 Å². The van der Waals surface area contributed by atoms with Crippen molar-refractivity contribution in [2.75, 3.05) is 0 Å². The molecule has 1 heterocycles. The van der Waals surface area contributed by atoms with Gasteiger partial charge in [-0.05, 0) is 25.5 Å². The van der Waals surface area contributed by atoms with E-state index in [1.807, 2.05) is 0 Å². The first-order valence-electron chi connectivity index (χ1n) is 5.01. The molecule has 0 unspecified atom stereocenters. The van der Waals surface area contributed by atoms with Crippen LogP contribution in [0.2, 0.25) is 0 Å². The number of carboxylic acid groups (broad SMARTS) is 1. The Kier molecular flexibility index (Phi) is 3.99. The van der Waals surface area contributed by atoms with Crippen LogP contribution in [-0.2, 0) is 4.79 Å². The monoisotopic (exact) mass is 222 g/mol. The van der Waals surface area contributed by atoms with Crippen LogP contribution in [0.15, 0.2) is 18.3 Å². The molecule has 0 aromatic carbocycles. The molecule has 1 atom stereocenters. The lowest BCUT2D eigenvalue weighted by atomic mass is 10.1. The normalized spacial score (nSPS) is 11.9. The summed E-state index contributed by atoms with van der Waals surface area (Å²) in [6.07, 6.45) is 1.93. The third-order valence-electron chi connectivity index (χ3n) is 2.26. The molecule has 16 heavy (non-hydrogen) atoms. The van der Waals surface area contributed by atoms with Gasteiger partial charge in [-0.3, -0.25) is 9.78 Å². The van der Waals surface area contributed by atoms with E-state index in [0.29, 0.717) is 17.7 Å². The van der Waals surface area contributed by atoms with Crippen molar-refractivity contribution < 1.29 is 14.7 Å². The van der Waals surface area contributed by atoms with Gasteiger partial charge in [-0.25, -0.2) is 4.79 Å². The van der Waals surface area contributed by atoms with Crippen LogP contribution in [0.25, 0.3) is 0 Å². The van der Waals surface area contributed by atoms with Gasteiger partial charge in [0.1, 0.15) is 6.04 Å². The molecular weight excluding hydrogens is 208 g/mol. The average Bonchev–Trinajstić information content (AvgIpc) is 2.25. The highest BCUT2D eigenvalue weighted by molar-refractivity contribution is 5.97. The summed E-state index contributed by atoms with van der Waals surface area (Å²) in [5, 5.41) is 11.3. The van der Waals surface area contributed by atoms with E-state index in [1.165, 1.54) is 0 Å². The molecule has 0 aliphatic carbocycles. The number of hydrogen-bond acceptors (Lipinski definition) is 3. The van der Waals surface area contributed by atoms with Gasteiger partial charge in [0.25, 0.3) is 5.91 Å². The van der Waals surface area contributed by atoms with Gasteiger partial charge in [0.05, 0.1) is 5.56 Å². The number of nitrogens with zero attached hydrogens (tertiary/aromatic N) is 1. The van der Waals surface area contributed by atoms with Gasteiger partial charge >= 0.3 is 5.97 Å². The van der Waals surface area contributed by atoms with E-state index in [-0.39, 0.29) is 0 Å². The number of rotatable bonds is 4. The van der Waals surface area contributed by atoms with Gasteiger partial charge in [0.2, 0.25) is 0 Å². The number of nitrogens with one attached hydrogen (secondary N) is 1. The summed E-state index contributed by atoms with van der Waals surface area (Å²) < 4.78 is 0. The Labute approximate surface area is 93.5 Å². The highest BCUT2D eigenvalue weighted by atomic mass is 16.4.